The van der Waals surface area contributed by atoms with Gasteiger partial charge in [-0.3, -0.25) is 4.57 Å². The first-order chi connectivity index (χ1) is 8.27. The minimum Gasteiger partial charge on any atom is -0.316 e. The maximum absolute atomic E-state index is 11.6. The highest BCUT2D eigenvalue weighted by molar-refractivity contribution is 7.99. The predicted molar refractivity (Wildman–Crippen MR) is 76.3 cm³/mol. The summed E-state index contributed by atoms with van der Waals surface area (Å²) in [4.78, 5) is 11.6. The van der Waals surface area contributed by atoms with Gasteiger partial charge in [0.25, 0.3) is 0 Å². The molecule has 1 atom stereocenters. The Hall–Kier alpha value is -0.750. The second-order valence-corrected chi connectivity index (χ2v) is 6.78. The molecule has 0 spiro atoms. The maximum Gasteiger partial charge on any atom is 0.344 e. The minimum atomic E-state index is -0.135. The third kappa shape index (κ3) is 3.62. The molecule has 0 aliphatic heterocycles. The highest BCUT2D eigenvalue weighted by Crippen LogP contribution is 2.25. The molecule has 1 heterocycles. The van der Waals surface area contributed by atoms with Crippen LogP contribution < -0.4 is 11.0 Å². The summed E-state index contributed by atoms with van der Waals surface area (Å²) in [5.74, 6) is 0.886. The second kappa shape index (κ2) is 5.93. The summed E-state index contributed by atoms with van der Waals surface area (Å²) in [5, 5.41) is 10.7. The quantitative estimate of drug-likeness (QED) is 0.803. The molecule has 2 N–H and O–H groups in total. The van der Waals surface area contributed by atoms with Crippen LogP contribution in [0.25, 0.3) is 0 Å². The highest BCUT2D eigenvalue weighted by atomic mass is 32.2. The summed E-state index contributed by atoms with van der Waals surface area (Å²) in [7, 11) is 1.97. The van der Waals surface area contributed by atoms with Gasteiger partial charge in [0.05, 0.1) is 0 Å². The molecule has 6 heteroatoms. The van der Waals surface area contributed by atoms with Gasteiger partial charge in [0.2, 0.25) is 0 Å². The van der Waals surface area contributed by atoms with Crippen LogP contribution >= 0.6 is 11.8 Å². The molecular formula is C12H24N4OS. The van der Waals surface area contributed by atoms with E-state index in [0.717, 1.165) is 10.9 Å². The van der Waals surface area contributed by atoms with Crippen molar-refractivity contribution < 1.29 is 0 Å². The monoisotopic (exact) mass is 272 g/mol. The molecule has 1 aromatic rings. The zero-order valence-electron chi connectivity index (χ0n) is 12.1. The Bertz CT molecular complexity index is 430. The molecule has 0 aliphatic carbocycles. The van der Waals surface area contributed by atoms with Gasteiger partial charge in [-0.15, -0.1) is 5.10 Å². The Labute approximate surface area is 113 Å². The Morgan fingerprint density at radius 1 is 1.44 bits per heavy atom. The van der Waals surface area contributed by atoms with E-state index in [4.69, 9.17) is 0 Å². The van der Waals surface area contributed by atoms with E-state index >= 15 is 0 Å². The fraction of sp³-hybridized carbons (Fsp3) is 0.833. The smallest absolute Gasteiger partial charge is 0.316 e. The van der Waals surface area contributed by atoms with Crippen molar-refractivity contribution in [2.45, 2.75) is 51.9 Å². The predicted octanol–water partition coefficient (Wildman–Crippen LogP) is 1.88. The van der Waals surface area contributed by atoms with Gasteiger partial charge in [-0.25, -0.2) is 9.89 Å². The van der Waals surface area contributed by atoms with E-state index in [2.05, 4.69) is 36.3 Å². The van der Waals surface area contributed by atoms with Gasteiger partial charge in [0.15, 0.2) is 5.16 Å². The molecule has 0 radical (unpaired) electrons. The molecule has 104 valence electrons. The van der Waals surface area contributed by atoms with Gasteiger partial charge in [0, 0.05) is 17.8 Å². The minimum absolute atomic E-state index is 0.126. The lowest BCUT2D eigenvalue weighted by Gasteiger charge is -2.29. The zero-order valence-corrected chi connectivity index (χ0v) is 12.9. The summed E-state index contributed by atoms with van der Waals surface area (Å²) >= 11 is 1.61. The van der Waals surface area contributed by atoms with Gasteiger partial charge < -0.3 is 5.32 Å². The van der Waals surface area contributed by atoms with E-state index in [9.17, 15) is 4.79 Å². The molecule has 1 aromatic heterocycles. The average Bonchev–Trinajstić information content (AvgIpc) is 2.58. The Morgan fingerprint density at radius 3 is 2.50 bits per heavy atom. The highest BCUT2D eigenvalue weighted by Gasteiger charge is 2.24. The van der Waals surface area contributed by atoms with Crippen LogP contribution in [0.4, 0.5) is 0 Å². The van der Waals surface area contributed by atoms with E-state index in [-0.39, 0.29) is 17.1 Å². The number of nitrogens with zero attached hydrogens (tertiary/aromatic N) is 2. The summed E-state index contributed by atoms with van der Waals surface area (Å²) in [5.41, 5.74) is 0.0466. The number of rotatable bonds is 5. The first-order valence-corrected chi connectivity index (χ1v) is 7.23. The van der Waals surface area contributed by atoms with Crippen LogP contribution in [-0.2, 0) is 0 Å². The lowest BCUT2D eigenvalue weighted by atomic mass is 9.88. The van der Waals surface area contributed by atoms with Crippen molar-refractivity contribution >= 4 is 11.8 Å². The first kappa shape index (κ1) is 15.3. The number of aromatic nitrogens is 3. The molecule has 0 aromatic carbocycles. The van der Waals surface area contributed by atoms with Crippen molar-refractivity contribution in [1.29, 1.82) is 0 Å². The normalized spacial score (nSPS) is 14.2. The number of hydrogen-bond donors (Lipinski definition) is 2. The number of nitrogens with one attached hydrogen (secondary N) is 2. The molecule has 0 aliphatic rings. The van der Waals surface area contributed by atoms with Gasteiger partial charge in [0.1, 0.15) is 0 Å². The SMILES string of the molecule is CNC(CSc1n[nH]c(=O)n1C(C)C)C(C)(C)C. The zero-order chi connectivity index (χ0) is 13.9. The van der Waals surface area contributed by atoms with Crippen LogP contribution in [0, 0.1) is 5.41 Å². The molecule has 0 saturated heterocycles. The van der Waals surface area contributed by atoms with Gasteiger partial charge in [-0.2, -0.15) is 0 Å². The van der Waals surface area contributed by atoms with Gasteiger partial charge in [-0.1, -0.05) is 32.5 Å². The lowest BCUT2D eigenvalue weighted by molar-refractivity contribution is 0.305. The van der Waals surface area contributed by atoms with Crippen LogP contribution in [0.15, 0.2) is 9.95 Å². The number of thioether (sulfide) groups is 1. The number of aromatic amines is 1. The van der Waals surface area contributed by atoms with Gasteiger partial charge in [-0.05, 0) is 26.3 Å². The van der Waals surface area contributed by atoms with Crippen molar-refractivity contribution in [2.75, 3.05) is 12.8 Å². The Kier molecular flexibility index (Phi) is 5.04. The molecule has 1 unspecified atom stereocenters. The van der Waals surface area contributed by atoms with Crippen molar-refractivity contribution in [1.82, 2.24) is 20.1 Å². The fourth-order valence-corrected chi connectivity index (χ4v) is 3.30. The van der Waals surface area contributed by atoms with Crippen molar-refractivity contribution in [3.63, 3.8) is 0 Å². The van der Waals surface area contributed by atoms with E-state index in [0.29, 0.717) is 6.04 Å². The largest absolute Gasteiger partial charge is 0.344 e. The molecule has 18 heavy (non-hydrogen) atoms. The second-order valence-electron chi connectivity index (χ2n) is 5.79. The summed E-state index contributed by atoms with van der Waals surface area (Å²) < 4.78 is 1.69. The van der Waals surface area contributed by atoms with Gasteiger partial charge >= 0.3 is 5.69 Å². The topological polar surface area (TPSA) is 62.7 Å². The summed E-state index contributed by atoms with van der Waals surface area (Å²) in [6.45, 7) is 10.6. The van der Waals surface area contributed by atoms with Crippen molar-refractivity contribution in [2.24, 2.45) is 5.41 Å². The van der Waals surface area contributed by atoms with Crippen molar-refractivity contribution in [3.8, 4) is 0 Å². The molecule has 5 nitrogen and oxygen atoms in total. The molecular weight excluding hydrogens is 248 g/mol. The van der Waals surface area contributed by atoms with Crippen LogP contribution in [0.3, 0.4) is 0 Å². The van der Waals surface area contributed by atoms with E-state index in [1.165, 1.54) is 0 Å². The number of hydrogen-bond acceptors (Lipinski definition) is 4. The van der Waals surface area contributed by atoms with Crippen LogP contribution in [0.5, 0.6) is 0 Å². The maximum atomic E-state index is 11.6. The third-order valence-corrected chi connectivity index (χ3v) is 4.01. The first-order valence-electron chi connectivity index (χ1n) is 6.24. The standard InChI is InChI=1S/C12H24N4OS/c1-8(2)16-10(17)14-15-11(16)18-7-9(13-6)12(3,4)5/h8-9,13H,7H2,1-6H3,(H,14,17). The summed E-state index contributed by atoms with van der Waals surface area (Å²) in [6, 6.07) is 0.497. The average molecular weight is 272 g/mol. The van der Waals surface area contributed by atoms with Crippen molar-refractivity contribution in [3.05, 3.63) is 10.5 Å². The van der Waals surface area contributed by atoms with Crippen LogP contribution in [-0.4, -0.2) is 33.6 Å². The van der Waals surface area contributed by atoms with E-state index < -0.39 is 0 Å². The third-order valence-electron chi connectivity index (χ3n) is 2.96. The van der Waals surface area contributed by atoms with E-state index in [1.807, 2.05) is 20.9 Å². The number of H-pyrrole nitrogens is 1. The fourth-order valence-electron chi connectivity index (χ4n) is 1.77. The van der Waals surface area contributed by atoms with Crippen LogP contribution in [0.2, 0.25) is 0 Å². The van der Waals surface area contributed by atoms with Crippen LogP contribution in [0.1, 0.15) is 40.7 Å². The molecule has 0 fully saturated rings. The molecule has 0 bridgehead atoms. The summed E-state index contributed by atoms with van der Waals surface area (Å²) in [6.07, 6.45) is 0. The molecule has 1 rings (SSSR count). The van der Waals surface area contributed by atoms with E-state index in [1.54, 1.807) is 16.3 Å². The Balaban J connectivity index is 2.78. The molecule has 0 saturated carbocycles. The Morgan fingerprint density at radius 2 is 2.06 bits per heavy atom. The lowest BCUT2D eigenvalue weighted by Crippen LogP contribution is -2.40. The molecule has 0 amide bonds.